The Kier molecular flexibility index (Phi) is 5.74. The zero-order valence-corrected chi connectivity index (χ0v) is 15.6. The molecule has 0 spiro atoms. The number of aromatic amines is 1. The molecule has 1 aromatic carbocycles. The quantitative estimate of drug-likeness (QED) is 0.638. The summed E-state index contributed by atoms with van der Waals surface area (Å²) in [4.78, 5) is 24.9. The molecule has 4 rings (SSSR count). The van der Waals surface area contributed by atoms with Crippen molar-refractivity contribution in [1.29, 1.82) is 0 Å². The molecule has 0 unspecified atom stereocenters. The zero-order chi connectivity index (χ0) is 18.0. The molecular weight excluding hydrogens is 366 g/mol. The number of nitrogens with one attached hydrogen (secondary N) is 2. The van der Waals surface area contributed by atoms with Crippen LogP contribution in [0.3, 0.4) is 0 Å². The number of H-pyrrole nitrogens is 1. The molecular formula is C19H22ClN5O2. The summed E-state index contributed by atoms with van der Waals surface area (Å²) in [5, 5.41) is 3.01. The summed E-state index contributed by atoms with van der Waals surface area (Å²) >= 11 is 0. The maximum Gasteiger partial charge on any atom is 0.232 e. The lowest BCUT2D eigenvalue weighted by atomic mass is 9.79. The number of ether oxygens (including phenoxy) is 1. The van der Waals surface area contributed by atoms with Gasteiger partial charge < -0.3 is 20.8 Å². The number of nitrogens with zero attached hydrogens (tertiary/aromatic N) is 2. The second-order valence-corrected chi connectivity index (χ2v) is 6.58. The number of rotatable bonds is 4. The highest BCUT2D eigenvalue weighted by atomic mass is 35.5. The minimum atomic E-state index is -0.555. The molecule has 0 bridgehead atoms. The van der Waals surface area contributed by atoms with Gasteiger partial charge in [0.15, 0.2) is 5.82 Å². The Morgan fingerprint density at radius 1 is 1.26 bits per heavy atom. The number of carbonyl (C=O) groups excluding carboxylic acids is 1. The van der Waals surface area contributed by atoms with Crippen LogP contribution in [0.25, 0.3) is 22.6 Å². The fourth-order valence-electron chi connectivity index (χ4n) is 3.26. The van der Waals surface area contributed by atoms with E-state index in [4.69, 9.17) is 10.5 Å². The largest absolute Gasteiger partial charge is 0.381 e. The predicted molar refractivity (Wildman–Crippen MR) is 107 cm³/mol. The molecule has 7 nitrogen and oxygen atoms in total. The van der Waals surface area contributed by atoms with Crippen molar-refractivity contribution >= 4 is 35.0 Å². The van der Waals surface area contributed by atoms with Crippen LogP contribution in [0, 0.1) is 5.41 Å². The Bertz CT molecular complexity index is 922. The van der Waals surface area contributed by atoms with Crippen molar-refractivity contribution in [2.75, 3.05) is 25.1 Å². The molecule has 0 atom stereocenters. The van der Waals surface area contributed by atoms with Crippen molar-refractivity contribution in [2.45, 2.75) is 12.8 Å². The standard InChI is InChI=1S/C19H21N5O2.ClH/c20-12-19(6-9-26-10-7-19)18(25)22-13-4-5-14-16(11-13)24-17(23-14)15-3-1-2-8-21-15;/h1-5,8,11H,6-7,9-10,12,20H2,(H,22,25)(H,23,24);1H. The van der Waals surface area contributed by atoms with E-state index in [0.717, 1.165) is 22.4 Å². The van der Waals surface area contributed by atoms with Gasteiger partial charge in [0.25, 0.3) is 0 Å². The monoisotopic (exact) mass is 387 g/mol. The van der Waals surface area contributed by atoms with Crippen LogP contribution in [-0.2, 0) is 9.53 Å². The van der Waals surface area contributed by atoms with Gasteiger partial charge in [-0.25, -0.2) is 4.98 Å². The van der Waals surface area contributed by atoms with Crippen LogP contribution in [0.2, 0.25) is 0 Å². The summed E-state index contributed by atoms with van der Waals surface area (Å²) < 4.78 is 5.37. The first-order chi connectivity index (χ1) is 12.7. The molecule has 0 aliphatic carbocycles. The topological polar surface area (TPSA) is 106 Å². The van der Waals surface area contributed by atoms with E-state index in [1.54, 1.807) is 6.20 Å². The van der Waals surface area contributed by atoms with E-state index in [0.29, 0.717) is 38.4 Å². The van der Waals surface area contributed by atoms with Crippen LogP contribution >= 0.6 is 12.4 Å². The molecule has 2 aromatic heterocycles. The molecule has 0 saturated carbocycles. The third kappa shape index (κ3) is 3.80. The highest BCUT2D eigenvalue weighted by Gasteiger charge is 2.38. The smallest absolute Gasteiger partial charge is 0.232 e. The zero-order valence-electron chi connectivity index (χ0n) is 14.8. The molecule has 27 heavy (non-hydrogen) atoms. The maximum absolute atomic E-state index is 12.8. The van der Waals surface area contributed by atoms with E-state index in [-0.39, 0.29) is 18.3 Å². The predicted octanol–water partition coefficient (Wildman–Crippen LogP) is 2.74. The van der Waals surface area contributed by atoms with Crippen molar-refractivity contribution in [3.63, 3.8) is 0 Å². The van der Waals surface area contributed by atoms with Gasteiger partial charge in [-0.15, -0.1) is 12.4 Å². The molecule has 1 fully saturated rings. The summed E-state index contributed by atoms with van der Waals surface area (Å²) in [6, 6.07) is 11.3. The highest BCUT2D eigenvalue weighted by molar-refractivity contribution is 5.97. The first-order valence-corrected chi connectivity index (χ1v) is 8.71. The van der Waals surface area contributed by atoms with Crippen LogP contribution in [0.5, 0.6) is 0 Å². The maximum atomic E-state index is 12.8. The Balaban J connectivity index is 0.00000210. The van der Waals surface area contributed by atoms with Crippen molar-refractivity contribution in [3.8, 4) is 11.5 Å². The Morgan fingerprint density at radius 3 is 2.78 bits per heavy atom. The number of amides is 1. The van der Waals surface area contributed by atoms with Gasteiger partial charge in [0.1, 0.15) is 5.69 Å². The summed E-state index contributed by atoms with van der Waals surface area (Å²) in [5.74, 6) is 0.652. The molecule has 3 heterocycles. The first kappa shape index (κ1) is 19.3. The molecule has 142 valence electrons. The number of hydrogen-bond acceptors (Lipinski definition) is 5. The molecule has 1 amide bonds. The van der Waals surface area contributed by atoms with Crippen molar-refractivity contribution in [1.82, 2.24) is 15.0 Å². The Labute approximate surface area is 163 Å². The third-order valence-electron chi connectivity index (χ3n) is 4.97. The van der Waals surface area contributed by atoms with Crippen molar-refractivity contribution in [3.05, 3.63) is 42.6 Å². The molecule has 8 heteroatoms. The number of pyridine rings is 1. The molecule has 0 radical (unpaired) electrons. The van der Waals surface area contributed by atoms with Crippen LogP contribution < -0.4 is 11.1 Å². The van der Waals surface area contributed by atoms with E-state index < -0.39 is 5.41 Å². The van der Waals surface area contributed by atoms with Crippen LogP contribution in [0.1, 0.15) is 12.8 Å². The number of anilines is 1. The Morgan fingerprint density at radius 2 is 2.07 bits per heavy atom. The van der Waals surface area contributed by atoms with Gasteiger partial charge in [0.2, 0.25) is 5.91 Å². The lowest BCUT2D eigenvalue weighted by molar-refractivity contribution is -0.130. The van der Waals surface area contributed by atoms with Crippen LogP contribution in [0.15, 0.2) is 42.6 Å². The highest BCUT2D eigenvalue weighted by Crippen LogP contribution is 2.31. The molecule has 4 N–H and O–H groups in total. The number of aromatic nitrogens is 3. The molecule has 1 aliphatic heterocycles. The van der Waals surface area contributed by atoms with E-state index in [2.05, 4.69) is 20.3 Å². The van der Waals surface area contributed by atoms with Crippen LogP contribution in [-0.4, -0.2) is 40.6 Å². The van der Waals surface area contributed by atoms with Gasteiger partial charge in [0, 0.05) is 31.6 Å². The molecule has 1 aliphatic rings. The number of nitrogens with two attached hydrogens (primary N) is 1. The summed E-state index contributed by atoms with van der Waals surface area (Å²) in [7, 11) is 0. The van der Waals surface area contributed by atoms with E-state index in [1.807, 2.05) is 36.4 Å². The summed E-state index contributed by atoms with van der Waals surface area (Å²) in [6.07, 6.45) is 3.02. The van der Waals surface area contributed by atoms with Gasteiger partial charge >= 0.3 is 0 Å². The number of hydrogen-bond donors (Lipinski definition) is 3. The molecule has 1 saturated heterocycles. The average molecular weight is 388 g/mol. The second-order valence-electron chi connectivity index (χ2n) is 6.58. The second kappa shape index (κ2) is 8.04. The lowest BCUT2D eigenvalue weighted by Gasteiger charge is -2.34. The SMILES string of the molecule is Cl.NCC1(C(=O)Nc2ccc3nc(-c4ccccn4)[nH]c3c2)CCOCC1. The van der Waals surface area contributed by atoms with Crippen molar-refractivity contribution in [2.24, 2.45) is 11.1 Å². The minimum Gasteiger partial charge on any atom is -0.381 e. The molecule has 3 aromatic rings. The summed E-state index contributed by atoms with van der Waals surface area (Å²) in [6.45, 7) is 1.45. The minimum absolute atomic E-state index is 0. The van der Waals surface area contributed by atoms with Gasteiger partial charge in [-0.2, -0.15) is 0 Å². The number of imidazole rings is 1. The number of carbonyl (C=O) groups is 1. The van der Waals surface area contributed by atoms with Crippen molar-refractivity contribution < 1.29 is 9.53 Å². The number of halogens is 1. The van der Waals surface area contributed by atoms with E-state index in [1.165, 1.54) is 0 Å². The lowest BCUT2D eigenvalue weighted by Crippen LogP contribution is -2.46. The third-order valence-corrected chi connectivity index (χ3v) is 4.97. The van der Waals surface area contributed by atoms with E-state index >= 15 is 0 Å². The van der Waals surface area contributed by atoms with E-state index in [9.17, 15) is 4.79 Å². The Hall–Kier alpha value is -2.48. The van der Waals surface area contributed by atoms with Gasteiger partial charge in [0.05, 0.1) is 16.4 Å². The fourth-order valence-corrected chi connectivity index (χ4v) is 3.26. The van der Waals surface area contributed by atoms with Gasteiger partial charge in [-0.05, 0) is 43.2 Å². The summed E-state index contributed by atoms with van der Waals surface area (Å²) in [5.41, 5.74) is 8.52. The first-order valence-electron chi connectivity index (χ1n) is 8.71. The number of benzene rings is 1. The number of fused-ring (bicyclic) bond motifs is 1. The fraction of sp³-hybridized carbons (Fsp3) is 0.316. The van der Waals surface area contributed by atoms with Gasteiger partial charge in [-0.3, -0.25) is 9.78 Å². The van der Waals surface area contributed by atoms with Gasteiger partial charge in [-0.1, -0.05) is 6.07 Å². The average Bonchev–Trinajstić information content (AvgIpc) is 3.12. The normalized spacial score (nSPS) is 15.9. The van der Waals surface area contributed by atoms with Crippen LogP contribution in [0.4, 0.5) is 5.69 Å².